The second-order valence-electron chi connectivity index (χ2n) is 6.92. The van der Waals surface area contributed by atoms with Gasteiger partial charge in [0.25, 0.3) is 0 Å². The Morgan fingerprint density at radius 1 is 1.17 bits per heavy atom. The maximum atomic E-state index is 14.2. The summed E-state index contributed by atoms with van der Waals surface area (Å²) in [5.41, 5.74) is 1.79. The zero-order valence-electron chi connectivity index (χ0n) is 16.7. The Hall–Kier alpha value is -2.71. The molecule has 5 nitrogen and oxygen atoms in total. The maximum absolute atomic E-state index is 14.2. The normalized spacial score (nSPS) is 16.8. The van der Waals surface area contributed by atoms with Crippen molar-refractivity contribution in [1.29, 1.82) is 0 Å². The lowest BCUT2D eigenvalue weighted by Crippen LogP contribution is -2.24. The van der Waals surface area contributed by atoms with Gasteiger partial charge in [0.2, 0.25) is 0 Å². The van der Waals surface area contributed by atoms with Gasteiger partial charge in [0, 0.05) is 23.6 Å². The van der Waals surface area contributed by atoms with E-state index in [0.717, 1.165) is 36.8 Å². The molecule has 1 fully saturated rings. The molecule has 158 valence electrons. The van der Waals surface area contributed by atoms with E-state index < -0.39 is 11.6 Å². The number of hydrogen-bond acceptors (Lipinski definition) is 5. The predicted octanol–water partition coefficient (Wildman–Crippen LogP) is 4.92. The van der Waals surface area contributed by atoms with Gasteiger partial charge in [-0.15, -0.1) is 11.3 Å². The van der Waals surface area contributed by atoms with E-state index >= 15 is 0 Å². The van der Waals surface area contributed by atoms with Crippen LogP contribution in [0.1, 0.15) is 12.8 Å². The van der Waals surface area contributed by atoms with Gasteiger partial charge in [-0.05, 0) is 43.2 Å². The quantitative estimate of drug-likeness (QED) is 0.555. The smallest absolute Gasteiger partial charge is 0.190 e. The zero-order valence-corrected chi connectivity index (χ0v) is 17.5. The molecular weight excluding hydrogens is 410 g/mol. The Kier molecular flexibility index (Phi) is 6.15. The Balaban J connectivity index is 1.86. The van der Waals surface area contributed by atoms with Gasteiger partial charge in [0.15, 0.2) is 10.6 Å². The van der Waals surface area contributed by atoms with E-state index in [1.807, 2.05) is 28.1 Å². The number of thiazole rings is 1. The van der Waals surface area contributed by atoms with Crippen LogP contribution in [0.4, 0.5) is 14.5 Å². The first-order chi connectivity index (χ1) is 14.6. The van der Waals surface area contributed by atoms with Gasteiger partial charge >= 0.3 is 0 Å². The van der Waals surface area contributed by atoms with Crippen LogP contribution in [0.2, 0.25) is 0 Å². The first-order valence-electron chi connectivity index (χ1n) is 9.61. The van der Waals surface area contributed by atoms with Crippen LogP contribution in [0, 0.1) is 11.6 Å². The highest BCUT2D eigenvalue weighted by Gasteiger charge is 2.21. The predicted molar refractivity (Wildman–Crippen MR) is 111 cm³/mol. The molecule has 0 bridgehead atoms. The molecule has 0 N–H and O–H groups in total. The van der Waals surface area contributed by atoms with Crippen LogP contribution < -0.4 is 14.3 Å². The van der Waals surface area contributed by atoms with Crippen molar-refractivity contribution in [3.05, 3.63) is 58.2 Å². The molecule has 0 amide bonds. The first-order valence-corrected chi connectivity index (χ1v) is 10.5. The van der Waals surface area contributed by atoms with E-state index in [1.54, 1.807) is 14.2 Å². The van der Waals surface area contributed by atoms with Crippen LogP contribution >= 0.6 is 11.3 Å². The van der Waals surface area contributed by atoms with Crippen LogP contribution in [-0.4, -0.2) is 31.5 Å². The average Bonchev–Trinajstić information content (AvgIpc) is 3.40. The van der Waals surface area contributed by atoms with E-state index in [2.05, 4.69) is 4.99 Å². The number of ether oxygens (including phenoxy) is 3. The highest BCUT2D eigenvalue weighted by atomic mass is 32.1. The van der Waals surface area contributed by atoms with Crippen molar-refractivity contribution in [2.45, 2.75) is 25.5 Å². The minimum Gasteiger partial charge on any atom is -0.497 e. The number of aromatic nitrogens is 1. The Morgan fingerprint density at radius 2 is 2.03 bits per heavy atom. The summed E-state index contributed by atoms with van der Waals surface area (Å²) in [6.07, 6.45) is 2.00. The van der Waals surface area contributed by atoms with Crippen LogP contribution in [0.25, 0.3) is 11.3 Å². The number of halogens is 2. The molecule has 0 saturated carbocycles. The van der Waals surface area contributed by atoms with E-state index in [4.69, 9.17) is 14.2 Å². The van der Waals surface area contributed by atoms with E-state index in [9.17, 15) is 8.78 Å². The Labute approximate surface area is 177 Å². The molecule has 1 unspecified atom stereocenters. The SMILES string of the molecule is COc1ccc(OC)c(-c2csc(=Nc3ccc(F)cc3F)n2CC2CCCO2)c1. The van der Waals surface area contributed by atoms with Crippen molar-refractivity contribution >= 4 is 17.0 Å². The molecule has 4 rings (SSSR count). The highest BCUT2D eigenvalue weighted by Crippen LogP contribution is 2.34. The number of methoxy groups -OCH3 is 2. The molecule has 1 atom stereocenters. The minimum absolute atomic E-state index is 0.0481. The third-order valence-corrected chi connectivity index (χ3v) is 5.88. The summed E-state index contributed by atoms with van der Waals surface area (Å²) in [5.74, 6) is 0.0529. The molecule has 3 aromatic rings. The molecule has 2 aromatic carbocycles. The van der Waals surface area contributed by atoms with Crippen molar-refractivity contribution in [2.24, 2.45) is 4.99 Å². The topological polar surface area (TPSA) is 45.0 Å². The number of rotatable bonds is 6. The zero-order chi connectivity index (χ0) is 21.1. The van der Waals surface area contributed by atoms with Crippen molar-refractivity contribution in [3.8, 4) is 22.8 Å². The summed E-state index contributed by atoms with van der Waals surface area (Å²) in [5, 5.41) is 1.95. The molecule has 2 heterocycles. The monoisotopic (exact) mass is 432 g/mol. The molecule has 30 heavy (non-hydrogen) atoms. The lowest BCUT2D eigenvalue weighted by Gasteiger charge is -2.16. The molecule has 0 aliphatic carbocycles. The highest BCUT2D eigenvalue weighted by molar-refractivity contribution is 7.07. The molecule has 1 saturated heterocycles. The molecule has 0 radical (unpaired) electrons. The van der Waals surface area contributed by atoms with Gasteiger partial charge in [-0.25, -0.2) is 13.8 Å². The molecule has 1 aromatic heterocycles. The molecule has 1 aliphatic rings. The van der Waals surface area contributed by atoms with Crippen LogP contribution in [0.5, 0.6) is 11.5 Å². The number of benzene rings is 2. The van der Waals surface area contributed by atoms with Crippen LogP contribution in [0.3, 0.4) is 0 Å². The standard InChI is InChI=1S/C22H22F2N2O3S/c1-27-15-6-8-21(28-2)17(11-15)20-13-30-22(26(20)12-16-4-3-9-29-16)25-19-7-5-14(23)10-18(19)24/h5-8,10-11,13,16H,3-4,9,12H2,1-2H3. The van der Waals surface area contributed by atoms with Gasteiger partial charge in [-0.1, -0.05) is 0 Å². The van der Waals surface area contributed by atoms with Gasteiger partial charge in [-0.2, -0.15) is 0 Å². The van der Waals surface area contributed by atoms with E-state index in [0.29, 0.717) is 22.8 Å². The summed E-state index contributed by atoms with van der Waals surface area (Å²) in [6.45, 7) is 1.30. The summed E-state index contributed by atoms with van der Waals surface area (Å²) in [6, 6.07) is 8.95. The Morgan fingerprint density at radius 3 is 2.73 bits per heavy atom. The minimum atomic E-state index is -0.701. The second-order valence-corrected chi connectivity index (χ2v) is 7.76. The number of hydrogen-bond donors (Lipinski definition) is 0. The number of nitrogens with zero attached hydrogens (tertiary/aromatic N) is 2. The fourth-order valence-electron chi connectivity index (χ4n) is 3.49. The Bertz CT molecular complexity index is 1100. The molecule has 8 heteroatoms. The van der Waals surface area contributed by atoms with Crippen molar-refractivity contribution in [2.75, 3.05) is 20.8 Å². The average molecular weight is 432 g/mol. The molecule has 0 spiro atoms. The second kappa shape index (κ2) is 8.97. The summed E-state index contributed by atoms with van der Waals surface area (Å²) in [4.78, 5) is 5.07. The van der Waals surface area contributed by atoms with Gasteiger partial charge in [0.05, 0.1) is 32.6 Å². The third-order valence-electron chi connectivity index (χ3n) is 5.02. The van der Waals surface area contributed by atoms with Crippen molar-refractivity contribution in [3.63, 3.8) is 0 Å². The molecular formula is C22H22F2N2O3S. The lowest BCUT2D eigenvalue weighted by atomic mass is 10.1. The van der Waals surface area contributed by atoms with E-state index in [-0.39, 0.29) is 11.8 Å². The summed E-state index contributed by atoms with van der Waals surface area (Å²) in [7, 11) is 3.22. The van der Waals surface area contributed by atoms with Crippen molar-refractivity contribution < 1.29 is 23.0 Å². The van der Waals surface area contributed by atoms with Gasteiger partial charge in [-0.3, -0.25) is 0 Å². The lowest BCUT2D eigenvalue weighted by molar-refractivity contribution is 0.0968. The third kappa shape index (κ3) is 4.24. The maximum Gasteiger partial charge on any atom is 0.190 e. The summed E-state index contributed by atoms with van der Waals surface area (Å²) < 4.78 is 46.3. The fraction of sp³-hybridized carbons (Fsp3) is 0.318. The van der Waals surface area contributed by atoms with E-state index in [1.165, 1.54) is 23.5 Å². The van der Waals surface area contributed by atoms with Crippen molar-refractivity contribution in [1.82, 2.24) is 4.57 Å². The largest absolute Gasteiger partial charge is 0.497 e. The van der Waals surface area contributed by atoms with Gasteiger partial charge < -0.3 is 18.8 Å². The summed E-state index contributed by atoms with van der Waals surface area (Å²) >= 11 is 1.38. The fourth-order valence-corrected chi connectivity index (χ4v) is 4.41. The first kappa shape index (κ1) is 20.6. The van der Waals surface area contributed by atoms with Gasteiger partial charge in [0.1, 0.15) is 23.0 Å². The van der Waals surface area contributed by atoms with Crippen LogP contribution in [0.15, 0.2) is 46.8 Å². The van der Waals surface area contributed by atoms with Crippen LogP contribution in [-0.2, 0) is 11.3 Å². The molecule has 1 aliphatic heterocycles.